The minimum absolute atomic E-state index is 0. The predicted octanol–water partition coefficient (Wildman–Crippen LogP) is 4.37. The molecule has 0 saturated carbocycles. The van der Waals surface area contributed by atoms with E-state index in [1.165, 1.54) is 0 Å². The maximum atomic E-state index is 3.98. The fourth-order valence-electron chi connectivity index (χ4n) is 1.44. The van der Waals surface area contributed by atoms with Crippen LogP contribution in [0.2, 0.25) is 0 Å². The molecular weight excluding hydrogens is 429 g/mol. The Morgan fingerprint density at radius 3 is 1.63 bits per heavy atom. The van der Waals surface area contributed by atoms with Gasteiger partial charge in [-0.25, -0.2) is 11.1 Å². The Labute approximate surface area is 131 Å². The maximum Gasteiger partial charge on any atom is 3.00 e. The van der Waals surface area contributed by atoms with Gasteiger partial charge in [-0.2, -0.15) is 55.6 Å². The van der Waals surface area contributed by atoms with Crippen LogP contribution in [0, 0.1) is 12.1 Å². The van der Waals surface area contributed by atoms with Crippen molar-refractivity contribution in [2.24, 2.45) is 0 Å². The van der Waals surface area contributed by atoms with Gasteiger partial charge in [0.15, 0.2) is 0 Å². The molecule has 0 aromatic heterocycles. The number of rotatable bonds is 3. The number of hydrogen-bond donors (Lipinski definition) is 0. The van der Waals surface area contributed by atoms with Gasteiger partial charge in [0, 0.05) is 13.3 Å². The van der Waals surface area contributed by atoms with Crippen LogP contribution in [0.5, 0.6) is 0 Å². The van der Waals surface area contributed by atoms with Gasteiger partial charge in [-0.1, -0.05) is 0 Å². The van der Waals surface area contributed by atoms with Crippen molar-refractivity contribution < 1.29 is 20.1 Å². The van der Waals surface area contributed by atoms with Gasteiger partial charge in [-0.05, 0) is 14.2 Å². The van der Waals surface area contributed by atoms with Crippen molar-refractivity contribution in [2.45, 2.75) is 0 Å². The fourth-order valence-corrected chi connectivity index (χ4v) is 2.07. The molecule has 2 aromatic rings. The molecule has 2 rings (SSSR count). The van der Waals surface area contributed by atoms with Crippen molar-refractivity contribution in [1.29, 1.82) is 0 Å². The van der Waals surface area contributed by atoms with Crippen LogP contribution in [-0.2, 0) is 20.1 Å². The zero-order valence-electron chi connectivity index (χ0n) is 11.6. The Morgan fingerprint density at radius 2 is 1.42 bits per heavy atom. The summed E-state index contributed by atoms with van der Waals surface area (Å²) < 4.78 is 0. The van der Waals surface area contributed by atoms with E-state index in [-0.39, 0.29) is 28.0 Å². The maximum absolute atomic E-state index is 3.98. The van der Waals surface area contributed by atoms with Crippen LogP contribution in [-0.4, -0.2) is 26.7 Å². The zero-order valence-corrected chi connectivity index (χ0v) is 15.0. The summed E-state index contributed by atoms with van der Waals surface area (Å²) in [7, 11) is 1.82. The molecule has 0 aliphatic rings. The Hall–Kier alpha value is -0.521. The van der Waals surface area contributed by atoms with Gasteiger partial charge in [-0.3, -0.25) is 0 Å². The van der Waals surface area contributed by atoms with Gasteiger partial charge in [0.1, 0.15) is 0 Å². The van der Waals surface area contributed by atoms with Gasteiger partial charge < -0.3 is 5.32 Å². The van der Waals surface area contributed by atoms with E-state index in [4.69, 9.17) is 0 Å². The average Bonchev–Trinajstić information content (AvgIpc) is 2.41. The summed E-state index contributed by atoms with van der Waals surface area (Å²) in [5.74, 6) is 0. The molecule has 0 spiro atoms. The normalized spacial score (nSPS) is 9.26. The largest absolute Gasteiger partial charge is 3.00 e. The van der Waals surface area contributed by atoms with E-state index in [1.54, 1.807) is 0 Å². The zero-order chi connectivity index (χ0) is 13.2. The van der Waals surface area contributed by atoms with Crippen molar-refractivity contribution in [2.75, 3.05) is 26.7 Å². The minimum atomic E-state index is -0.0522. The topological polar surface area (TPSA) is 14.1 Å². The molecule has 1 nitrogen and oxygen atoms in total. The number of benzene rings is 2. The summed E-state index contributed by atoms with van der Waals surface area (Å²) in [5, 5.41) is 3.98. The van der Waals surface area contributed by atoms with Crippen LogP contribution in [0.25, 0.3) is 16.4 Å². The molecule has 0 aliphatic carbocycles. The quantitative estimate of drug-likeness (QED) is 0.488. The summed E-state index contributed by atoms with van der Waals surface area (Å²) >= 11 is 0. The third-order valence-corrected chi connectivity index (χ3v) is 3.13. The smallest absolute Gasteiger partial charge is 0.632 e. The van der Waals surface area contributed by atoms with Gasteiger partial charge in [-0.15, -0.1) is 12.1 Å². The van der Waals surface area contributed by atoms with Gasteiger partial charge in [0.25, 0.3) is 0 Å². The molecule has 0 saturated heterocycles. The van der Waals surface area contributed by atoms with E-state index in [1.807, 2.05) is 55.6 Å². The Balaban J connectivity index is 0.000000404. The summed E-state index contributed by atoms with van der Waals surface area (Å²) in [5.41, 5.74) is 2.19. The van der Waals surface area contributed by atoms with Crippen LogP contribution in [0.4, 0.5) is 0 Å². The van der Waals surface area contributed by atoms with Crippen LogP contribution in [0.15, 0.2) is 48.5 Å². The molecule has 0 atom stereocenters. The Bertz CT molecular complexity index is 380. The van der Waals surface area contributed by atoms with E-state index in [9.17, 15) is 0 Å². The molecule has 3 heteroatoms. The van der Waals surface area contributed by atoms with Crippen LogP contribution < -0.4 is 0 Å². The predicted molar refractivity (Wildman–Crippen MR) is 83.9 cm³/mol. The fraction of sp³-hybridized carbons (Fsp3) is 0.250. The van der Waals surface area contributed by atoms with Gasteiger partial charge >= 0.3 is 20.1 Å². The first-order valence-corrected chi connectivity index (χ1v) is 8.73. The standard InChI is InChI=1S/C12H8.C4H11NP.Ir/c1-3-7-11(8-4-1)12-9-5-2-6-10-12;1-5-4-6(2)3;/h1-7,9H;4H2,1-3H3;/q-2;-1;+3/p+1. The van der Waals surface area contributed by atoms with E-state index < -0.39 is 0 Å². The Kier molecular flexibility index (Phi) is 11.0. The second-order valence-electron chi connectivity index (χ2n) is 4.23. The first kappa shape index (κ1) is 18.5. The molecular formula is C16H20IrNP+. The molecule has 19 heavy (non-hydrogen) atoms. The van der Waals surface area contributed by atoms with E-state index >= 15 is 0 Å². The average molecular weight is 450 g/mol. The SMILES string of the molecule is C[N-]C[PH+](C)C.[Ir+3].[c-]1ccccc1-c1[c-]cccc1. The molecule has 0 bridgehead atoms. The second kappa shape index (κ2) is 11.3. The molecule has 2 aromatic carbocycles. The molecule has 0 unspecified atom stereocenters. The van der Waals surface area contributed by atoms with Crippen molar-refractivity contribution in [3.05, 3.63) is 66.0 Å². The summed E-state index contributed by atoms with van der Waals surface area (Å²) in [6.45, 7) is 4.52. The third kappa shape index (κ3) is 8.29. The first-order valence-electron chi connectivity index (χ1n) is 6.02. The second-order valence-corrected chi connectivity index (χ2v) is 6.96. The first-order chi connectivity index (χ1) is 8.74. The molecule has 0 aliphatic heterocycles. The Morgan fingerprint density at radius 1 is 0.947 bits per heavy atom. The monoisotopic (exact) mass is 450 g/mol. The van der Waals surface area contributed by atoms with Crippen LogP contribution in [0.3, 0.4) is 0 Å². The number of nitrogens with zero attached hydrogens (tertiary/aromatic N) is 1. The van der Waals surface area contributed by atoms with E-state index in [2.05, 4.69) is 30.8 Å². The van der Waals surface area contributed by atoms with Crippen LogP contribution >= 0.6 is 7.92 Å². The summed E-state index contributed by atoms with van der Waals surface area (Å²) in [6.07, 6.45) is 1.10. The molecule has 0 N–H and O–H groups in total. The van der Waals surface area contributed by atoms with Crippen molar-refractivity contribution >= 4 is 7.92 Å². The molecule has 0 radical (unpaired) electrons. The molecule has 0 amide bonds. The van der Waals surface area contributed by atoms with E-state index in [0.717, 1.165) is 17.4 Å². The van der Waals surface area contributed by atoms with Crippen molar-refractivity contribution in [3.63, 3.8) is 0 Å². The van der Waals surface area contributed by atoms with Crippen LogP contribution in [0.1, 0.15) is 0 Å². The molecule has 0 heterocycles. The third-order valence-electron chi connectivity index (χ3n) is 2.18. The molecule has 102 valence electrons. The van der Waals surface area contributed by atoms with E-state index in [0.29, 0.717) is 0 Å². The minimum Gasteiger partial charge on any atom is -0.632 e. The summed E-state index contributed by atoms with van der Waals surface area (Å²) in [4.78, 5) is 0. The van der Waals surface area contributed by atoms with Crippen molar-refractivity contribution in [1.82, 2.24) is 0 Å². The molecule has 0 fully saturated rings. The number of hydrogen-bond acceptors (Lipinski definition) is 0. The van der Waals surface area contributed by atoms with Gasteiger partial charge in [0.2, 0.25) is 0 Å². The summed E-state index contributed by atoms with van der Waals surface area (Å²) in [6, 6.07) is 22.1. The van der Waals surface area contributed by atoms with Gasteiger partial charge in [0.05, 0.1) is 0 Å². The van der Waals surface area contributed by atoms with Crippen molar-refractivity contribution in [3.8, 4) is 11.1 Å².